The number of aromatic nitrogens is 1. The lowest BCUT2D eigenvalue weighted by molar-refractivity contribution is -0.137. The summed E-state index contributed by atoms with van der Waals surface area (Å²) < 4.78 is 1.63. The van der Waals surface area contributed by atoms with E-state index in [0.29, 0.717) is 15.3 Å². The number of carboxylic acid groups (broad SMARTS) is 1. The summed E-state index contributed by atoms with van der Waals surface area (Å²) in [6, 6.07) is 3.90. The maximum Gasteiger partial charge on any atom is 0.323 e. The number of nitrogens with zero attached hydrogens (tertiary/aromatic N) is 1. The molecule has 0 aliphatic rings. The summed E-state index contributed by atoms with van der Waals surface area (Å²) in [7, 11) is 0. The van der Waals surface area contributed by atoms with Gasteiger partial charge in [0, 0.05) is 11.3 Å². The van der Waals surface area contributed by atoms with Gasteiger partial charge in [-0.2, -0.15) is 0 Å². The second-order valence-corrected chi connectivity index (χ2v) is 6.11. The van der Waals surface area contributed by atoms with E-state index in [0.717, 1.165) is 4.88 Å². The van der Waals surface area contributed by atoms with E-state index < -0.39 is 5.97 Å². The van der Waals surface area contributed by atoms with Crippen LogP contribution in [0.15, 0.2) is 17.5 Å². The fraction of sp³-hybridized carbons (Fsp3) is 0.200. The molecule has 0 fully saturated rings. The molecule has 4 nitrogen and oxygen atoms in total. The minimum Gasteiger partial charge on any atom is -0.494 e. The number of carboxylic acids is 1. The minimum atomic E-state index is -1.02. The Labute approximate surface area is 110 Å². The van der Waals surface area contributed by atoms with Crippen LogP contribution in [0.5, 0.6) is 5.88 Å². The topological polar surface area (TPSA) is 62.5 Å². The van der Waals surface area contributed by atoms with Crippen LogP contribution in [-0.4, -0.2) is 20.7 Å². The van der Waals surface area contributed by atoms with E-state index in [-0.39, 0.29) is 12.4 Å². The van der Waals surface area contributed by atoms with E-state index in [1.165, 1.54) is 15.9 Å². The molecule has 2 heterocycles. The van der Waals surface area contributed by atoms with Crippen LogP contribution < -0.4 is 0 Å². The lowest BCUT2D eigenvalue weighted by Gasteiger charge is -2.00. The highest BCUT2D eigenvalue weighted by molar-refractivity contribution is 7.73. The van der Waals surface area contributed by atoms with Crippen molar-refractivity contribution in [1.82, 2.24) is 4.57 Å². The lowest BCUT2D eigenvalue weighted by Crippen LogP contribution is -2.08. The summed E-state index contributed by atoms with van der Waals surface area (Å²) in [6.45, 7) is -0.300. The van der Waals surface area contributed by atoms with Gasteiger partial charge in [0.05, 0.1) is 4.88 Å². The lowest BCUT2D eigenvalue weighted by atomic mass is 10.3. The Balaban J connectivity index is 2.31. The number of aromatic hydroxyl groups is 1. The first-order valence-corrected chi connectivity index (χ1v) is 6.84. The van der Waals surface area contributed by atoms with Gasteiger partial charge in [-0.15, -0.1) is 22.7 Å². The number of thiophene rings is 1. The molecular formula is C10H9NO3S3. The zero-order valence-electron chi connectivity index (χ0n) is 8.62. The monoisotopic (exact) mass is 287 g/mol. The summed E-state index contributed by atoms with van der Waals surface area (Å²) >= 11 is 7.88. The van der Waals surface area contributed by atoms with Crippen LogP contribution >= 0.6 is 34.9 Å². The highest BCUT2D eigenvalue weighted by Crippen LogP contribution is 2.29. The maximum atomic E-state index is 10.6. The smallest absolute Gasteiger partial charge is 0.323 e. The third-order valence-corrected chi connectivity index (χ3v) is 4.46. The van der Waals surface area contributed by atoms with Gasteiger partial charge in [-0.05, 0) is 23.7 Å². The molecule has 2 aromatic heterocycles. The van der Waals surface area contributed by atoms with E-state index in [4.69, 9.17) is 17.3 Å². The average molecular weight is 287 g/mol. The molecule has 0 saturated heterocycles. The Morgan fingerprint density at radius 3 is 2.88 bits per heavy atom. The van der Waals surface area contributed by atoms with Crippen molar-refractivity contribution in [2.45, 2.75) is 13.0 Å². The largest absolute Gasteiger partial charge is 0.494 e. The molecular weight excluding hydrogens is 278 g/mol. The van der Waals surface area contributed by atoms with Crippen LogP contribution in [0.4, 0.5) is 0 Å². The van der Waals surface area contributed by atoms with E-state index in [1.807, 2.05) is 17.5 Å². The van der Waals surface area contributed by atoms with Gasteiger partial charge in [-0.25, -0.2) is 0 Å². The summed E-state index contributed by atoms with van der Waals surface area (Å²) in [5.74, 6) is -1.05. The number of aliphatic carboxylic acids is 1. The summed E-state index contributed by atoms with van der Waals surface area (Å²) in [5, 5.41) is 20.6. The number of carbonyl (C=O) groups is 1. The molecule has 0 aliphatic heterocycles. The van der Waals surface area contributed by atoms with E-state index in [9.17, 15) is 9.90 Å². The molecule has 0 unspecified atom stereocenters. The highest BCUT2D eigenvalue weighted by Gasteiger charge is 2.14. The Morgan fingerprint density at radius 1 is 1.53 bits per heavy atom. The molecule has 0 radical (unpaired) electrons. The van der Waals surface area contributed by atoms with Gasteiger partial charge in [0.15, 0.2) is 3.95 Å². The molecule has 0 aromatic carbocycles. The quantitative estimate of drug-likeness (QED) is 0.849. The standard InChI is InChI=1S/C10H9NO3S3/c12-8(13)5-11-9(14)7(17-10(11)15)4-6-2-1-3-16-6/h1-3,14H,4-5H2,(H,12,13). The molecule has 7 heteroatoms. The maximum absolute atomic E-state index is 10.6. The Morgan fingerprint density at radius 2 is 2.29 bits per heavy atom. The van der Waals surface area contributed by atoms with E-state index >= 15 is 0 Å². The average Bonchev–Trinajstić information content (AvgIpc) is 2.83. The van der Waals surface area contributed by atoms with Crippen LogP contribution in [0.3, 0.4) is 0 Å². The molecule has 2 aromatic rings. The molecule has 0 atom stereocenters. The summed E-state index contributed by atoms with van der Waals surface area (Å²) in [4.78, 5) is 12.4. The minimum absolute atomic E-state index is 0.0317. The molecule has 90 valence electrons. The van der Waals surface area contributed by atoms with Crippen molar-refractivity contribution < 1.29 is 15.0 Å². The van der Waals surface area contributed by atoms with Gasteiger partial charge in [-0.3, -0.25) is 9.36 Å². The van der Waals surface area contributed by atoms with Crippen molar-refractivity contribution in [3.8, 4) is 5.88 Å². The van der Waals surface area contributed by atoms with Gasteiger partial charge in [0.1, 0.15) is 6.54 Å². The van der Waals surface area contributed by atoms with Crippen LogP contribution in [0, 0.1) is 3.95 Å². The fourth-order valence-electron chi connectivity index (χ4n) is 1.40. The third kappa shape index (κ3) is 2.74. The molecule has 0 aliphatic carbocycles. The second kappa shape index (κ2) is 4.99. The Bertz CT molecular complexity index is 582. The second-order valence-electron chi connectivity index (χ2n) is 3.35. The summed E-state index contributed by atoms with van der Waals surface area (Å²) in [6.07, 6.45) is 0.588. The van der Waals surface area contributed by atoms with Crippen molar-refractivity contribution in [3.05, 3.63) is 31.2 Å². The van der Waals surface area contributed by atoms with Crippen LogP contribution in [0.1, 0.15) is 9.75 Å². The van der Waals surface area contributed by atoms with E-state index in [1.54, 1.807) is 11.3 Å². The van der Waals surface area contributed by atoms with Crippen LogP contribution in [0.2, 0.25) is 0 Å². The van der Waals surface area contributed by atoms with Crippen LogP contribution in [-0.2, 0) is 17.8 Å². The van der Waals surface area contributed by atoms with Gasteiger partial charge >= 0.3 is 5.97 Å². The first-order chi connectivity index (χ1) is 8.08. The zero-order chi connectivity index (χ0) is 12.4. The van der Waals surface area contributed by atoms with Gasteiger partial charge in [0.2, 0.25) is 5.88 Å². The summed E-state index contributed by atoms with van der Waals surface area (Å²) in [5.41, 5.74) is 0. The van der Waals surface area contributed by atoms with Gasteiger partial charge < -0.3 is 10.2 Å². The Kier molecular flexibility index (Phi) is 3.60. The third-order valence-electron chi connectivity index (χ3n) is 2.14. The number of hydrogen-bond acceptors (Lipinski definition) is 5. The molecule has 0 amide bonds. The first kappa shape index (κ1) is 12.3. The number of hydrogen-bond donors (Lipinski definition) is 2. The molecule has 0 bridgehead atoms. The zero-order valence-corrected chi connectivity index (χ0v) is 11.1. The van der Waals surface area contributed by atoms with Crippen molar-refractivity contribution in [3.63, 3.8) is 0 Å². The van der Waals surface area contributed by atoms with Crippen molar-refractivity contribution in [2.75, 3.05) is 0 Å². The van der Waals surface area contributed by atoms with Crippen molar-refractivity contribution in [2.24, 2.45) is 0 Å². The molecule has 2 N–H and O–H groups in total. The molecule has 0 saturated carbocycles. The fourth-order valence-corrected chi connectivity index (χ4v) is 3.57. The van der Waals surface area contributed by atoms with E-state index in [2.05, 4.69) is 0 Å². The predicted octanol–water partition coefficient (Wildman–Crippen LogP) is 2.72. The SMILES string of the molecule is O=C(O)Cn1c(O)c(Cc2cccs2)sc1=S. The van der Waals surface area contributed by atoms with Crippen LogP contribution in [0.25, 0.3) is 0 Å². The number of rotatable bonds is 4. The van der Waals surface area contributed by atoms with Crippen molar-refractivity contribution in [1.29, 1.82) is 0 Å². The predicted molar refractivity (Wildman–Crippen MR) is 69.6 cm³/mol. The first-order valence-electron chi connectivity index (χ1n) is 4.73. The highest BCUT2D eigenvalue weighted by atomic mass is 32.1. The Hall–Kier alpha value is -1.18. The molecule has 0 spiro atoms. The number of thiazole rings is 1. The van der Waals surface area contributed by atoms with Gasteiger partial charge in [0.25, 0.3) is 0 Å². The van der Waals surface area contributed by atoms with Crippen molar-refractivity contribution >= 4 is 40.9 Å². The molecule has 17 heavy (non-hydrogen) atoms. The molecule has 2 rings (SSSR count). The van der Waals surface area contributed by atoms with Gasteiger partial charge in [-0.1, -0.05) is 6.07 Å². The normalized spacial score (nSPS) is 10.6.